The molecule has 0 aliphatic heterocycles. The first-order chi connectivity index (χ1) is 17.4. The highest BCUT2D eigenvalue weighted by molar-refractivity contribution is 6.04. The summed E-state index contributed by atoms with van der Waals surface area (Å²) in [7, 11) is 7.78. The van der Waals surface area contributed by atoms with Gasteiger partial charge in [-0.25, -0.2) is 0 Å². The maximum Gasteiger partial charge on any atom is 0.248 e. The Morgan fingerprint density at radius 3 is 1.97 bits per heavy atom. The van der Waals surface area contributed by atoms with Crippen LogP contribution in [0.5, 0.6) is 28.7 Å². The number of hydrogen-bond acceptors (Lipinski definition) is 7. The molecule has 3 aromatic carbocycles. The summed E-state index contributed by atoms with van der Waals surface area (Å²) in [5.41, 5.74) is 9.31. The lowest BCUT2D eigenvalue weighted by atomic mass is 10.1. The van der Waals surface area contributed by atoms with E-state index >= 15 is 0 Å². The second-order valence-electron chi connectivity index (χ2n) is 7.54. The van der Waals surface area contributed by atoms with Crippen LogP contribution in [0.25, 0.3) is 18.2 Å². The standard InChI is InChI=1S/C28H30N2O6/c1-32-22-13-10-18(15-21(22)29)11-14-26(31)30-27-20(7-6-8-23(27)33-2)12-9-19-16-24(34-3)28(36-5)25(17-19)35-4/h6-17H,29H2,1-5H3,(H,30,31)/b12-9-,14-11-. The summed E-state index contributed by atoms with van der Waals surface area (Å²) in [4.78, 5) is 12.7. The molecule has 3 aromatic rings. The van der Waals surface area contributed by atoms with Gasteiger partial charge in [0.25, 0.3) is 0 Å². The first kappa shape index (κ1) is 26.0. The van der Waals surface area contributed by atoms with Gasteiger partial charge in [-0.1, -0.05) is 30.4 Å². The number of hydrogen-bond donors (Lipinski definition) is 2. The molecule has 0 unspecified atom stereocenters. The van der Waals surface area contributed by atoms with Crippen LogP contribution in [0.1, 0.15) is 16.7 Å². The minimum absolute atomic E-state index is 0.323. The van der Waals surface area contributed by atoms with Crippen LogP contribution in [0.3, 0.4) is 0 Å². The van der Waals surface area contributed by atoms with Crippen molar-refractivity contribution < 1.29 is 28.5 Å². The van der Waals surface area contributed by atoms with Crippen molar-refractivity contribution in [1.82, 2.24) is 0 Å². The van der Waals surface area contributed by atoms with Gasteiger partial charge in [-0.3, -0.25) is 4.79 Å². The number of nitrogens with one attached hydrogen (secondary N) is 1. The third-order valence-electron chi connectivity index (χ3n) is 5.35. The van der Waals surface area contributed by atoms with Gasteiger partial charge in [-0.05, 0) is 47.5 Å². The molecular weight excluding hydrogens is 460 g/mol. The third kappa shape index (κ3) is 6.09. The van der Waals surface area contributed by atoms with E-state index in [2.05, 4.69) is 5.32 Å². The van der Waals surface area contributed by atoms with E-state index in [1.165, 1.54) is 6.08 Å². The number of amides is 1. The van der Waals surface area contributed by atoms with E-state index in [0.29, 0.717) is 40.1 Å². The second kappa shape index (κ2) is 12.2. The quantitative estimate of drug-likeness (QED) is 0.231. The van der Waals surface area contributed by atoms with E-state index in [4.69, 9.17) is 29.4 Å². The van der Waals surface area contributed by atoms with Crippen molar-refractivity contribution in [2.24, 2.45) is 0 Å². The Bertz CT molecular complexity index is 1260. The summed E-state index contributed by atoms with van der Waals surface area (Å²) >= 11 is 0. The lowest BCUT2D eigenvalue weighted by Crippen LogP contribution is -2.10. The fourth-order valence-corrected chi connectivity index (χ4v) is 3.57. The SMILES string of the molecule is COc1ccc(/C=C\C(=O)Nc2c(/C=C\c3cc(OC)c(OC)c(OC)c3)cccc2OC)cc1N. The van der Waals surface area contributed by atoms with Gasteiger partial charge in [0, 0.05) is 11.6 Å². The van der Waals surface area contributed by atoms with Crippen LogP contribution in [0.15, 0.2) is 54.6 Å². The molecule has 0 heterocycles. The number of para-hydroxylation sites is 1. The minimum Gasteiger partial charge on any atom is -0.495 e. The van der Waals surface area contributed by atoms with Gasteiger partial charge in [0.2, 0.25) is 11.7 Å². The third-order valence-corrected chi connectivity index (χ3v) is 5.35. The van der Waals surface area contributed by atoms with Crippen LogP contribution in [-0.4, -0.2) is 41.5 Å². The Hall–Kier alpha value is -4.59. The minimum atomic E-state index is -0.323. The number of rotatable bonds is 10. The molecule has 36 heavy (non-hydrogen) atoms. The van der Waals surface area contributed by atoms with Crippen LogP contribution >= 0.6 is 0 Å². The van der Waals surface area contributed by atoms with Crippen molar-refractivity contribution in [1.29, 1.82) is 0 Å². The molecule has 0 fully saturated rings. The summed E-state index contributed by atoms with van der Waals surface area (Å²) in [6.07, 6.45) is 6.85. The van der Waals surface area contributed by atoms with Crippen LogP contribution in [0, 0.1) is 0 Å². The van der Waals surface area contributed by atoms with Crippen molar-refractivity contribution in [3.05, 3.63) is 71.3 Å². The Morgan fingerprint density at radius 2 is 1.39 bits per heavy atom. The molecule has 0 saturated heterocycles. The molecule has 188 valence electrons. The summed E-state index contributed by atoms with van der Waals surface area (Å²) < 4.78 is 26.9. The van der Waals surface area contributed by atoms with Gasteiger partial charge in [0.15, 0.2) is 11.5 Å². The number of nitrogens with two attached hydrogens (primary N) is 1. The number of carbonyl (C=O) groups is 1. The molecule has 0 saturated carbocycles. The molecule has 1 amide bonds. The Kier molecular flexibility index (Phi) is 8.83. The average Bonchev–Trinajstić information content (AvgIpc) is 2.90. The second-order valence-corrected chi connectivity index (χ2v) is 7.54. The zero-order chi connectivity index (χ0) is 26.1. The summed E-state index contributed by atoms with van der Waals surface area (Å²) in [6, 6.07) is 14.5. The summed E-state index contributed by atoms with van der Waals surface area (Å²) in [5.74, 6) is 2.37. The Balaban J connectivity index is 1.87. The van der Waals surface area contributed by atoms with E-state index in [9.17, 15) is 4.79 Å². The van der Waals surface area contributed by atoms with Crippen LogP contribution < -0.4 is 34.7 Å². The molecule has 3 rings (SSSR count). The Labute approximate surface area is 210 Å². The van der Waals surface area contributed by atoms with Gasteiger partial charge in [-0.15, -0.1) is 0 Å². The first-order valence-electron chi connectivity index (χ1n) is 11.0. The largest absolute Gasteiger partial charge is 0.495 e. The molecule has 8 nitrogen and oxygen atoms in total. The highest BCUT2D eigenvalue weighted by Crippen LogP contribution is 2.39. The topological polar surface area (TPSA) is 101 Å². The van der Waals surface area contributed by atoms with Crippen molar-refractivity contribution in [3.8, 4) is 28.7 Å². The lowest BCUT2D eigenvalue weighted by molar-refractivity contribution is -0.111. The van der Waals surface area contributed by atoms with E-state index in [1.807, 2.05) is 42.5 Å². The average molecular weight is 491 g/mol. The van der Waals surface area contributed by atoms with Crippen molar-refractivity contribution in [3.63, 3.8) is 0 Å². The molecule has 0 aliphatic carbocycles. The smallest absolute Gasteiger partial charge is 0.248 e. The van der Waals surface area contributed by atoms with Crippen LogP contribution in [0.2, 0.25) is 0 Å². The highest BCUT2D eigenvalue weighted by atomic mass is 16.5. The fraction of sp³-hybridized carbons (Fsp3) is 0.179. The van der Waals surface area contributed by atoms with E-state index < -0.39 is 0 Å². The summed E-state index contributed by atoms with van der Waals surface area (Å²) in [6.45, 7) is 0. The number of anilines is 2. The Morgan fingerprint density at radius 1 is 0.722 bits per heavy atom. The number of carbonyl (C=O) groups excluding carboxylic acids is 1. The fourth-order valence-electron chi connectivity index (χ4n) is 3.57. The van der Waals surface area contributed by atoms with E-state index in [0.717, 1.165) is 16.7 Å². The maximum atomic E-state index is 12.7. The highest BCUT2D eigenvalue weighted by Gasteiger charge is 2.13. The van der Waals surface area contributed by atoms with Gasteiger partial charge in [0.1, 0.15) is 11.5 Å². The molecule has 0 radical (unpaired) electrons. The zero-order valence-corrected chi connectivity index (χ0v) is 21.0. The molecule has 0 atom stereocenters. The number of nitrogen functional groups attached to an aromatic ring is 1. The predicted octanol–water partition coefficient (Wildman–Crippen LogP) is 5.13. The number of benzene rings is 3. The predicted molar refractivity (Wildman–Crippen MR) is 143 cm³/mol. The van der Waals surface area contributed by atoms with Gasteiger partial charge >= 0.3 is 0 Å². The zero-order valence-electron chi connectivity index (χ0n) is 21.0. The molecule has 0 spiro atoms. The number of methoxy groups -OCH3 is 5. The molecule has 3 N–H and O–H groups in total. The maximum absolute atomic E-state index is 12.7. The number of ether oxygens (including phenoxy) is 5. The normalized spacial score (nSPS) is 10.9. The first-order valence-corrected chi connectivity index (χ1v) is 11.0. The lowest BCUT2D eigenvalue weighted by Gasteiger charge is -2.13. The molecule has 8 heteroatoms. The molecular formula is C28H30N2O6. The van der Waals surface area contributed by atoms with Gasteiger partial charge < -0.3 is 34.7 Å². The molecule has 0 aliphatic rings. The van der Waals surface area contributed by atoms with Gasteiger partial charge in [-0.2, -0.15) is 0 Å². The monoisotopic (exact) mass is 490 g/mol. The van der Waals surface area contributed by atoms with Crippen LogP contribution in [-0.2, 0) is 4.79 Å². The van der Waals surface area contributed by atoms with Gasteiger partial charge in [0.05, 0.1) is 46.9 Å². The molecule has 0 bridgehead atoms. The summed E-state index contributed by atoms with van der Waals surface area (Å²) in [5, 5.41) is 2.91. The van der Waals surface area contributed by atoms with Crippen molar-refractivity contribution in [2.45, 2.75) is 0 Å². The molecule has 0 aromatic heterocycles. The van der Waals surface area contributed by atoms with Crippen molar-refractivity contribution in [2.75, 3.05) is 46.6 Å². The van der Waals surface area contributed by atoms with E-state index in [-0.39, 0.29) is 5.91 Å². The van der Waals surface area contributed by atoms with Crippen LogP contribution in [0.4, 0.5) is 11.4 Å². The van der Waals surface area contributed by atoms with E-state index in [1.54, 1.807) is 59.8 Å². The van der Waals surface area contributed by atoms with Crippen molar-refractivity contribution >= 4 is 35.5 Å².